The second-order valence-electron chi connectivity index (χ2n) is 10.2. The lowest BCUT2D eigenvalue weighted by molar-refractivity contribution is 0.157. The van der Waals surface area contributed by atoms with E-state index in [0.717, 1.165) is 55.9 Å². The van der Waals surface area contributed by atoms with Gasteiger partial charge in [0, 0.05) is 21.8 Å². The van der Waals surface area contributed by atoms with Gasteiger partial charge in [0.2, 0.25) is 0 Å². The fraction of sp³-hybridized carbons (Fsp3) is 0.333. The first kappa shape index (κ1) is 25.8. The van der Waals surface area contributed by atoms with Crippen LogP contribution in [0.15, 0.2) is 76.5 Å². The molecule has 3 aliphatic rings. The Morgan fingerprint density at radius 1 is 0.974 bits per heavy atom. The second kappa shape index (κ2) is 10.6. The Hall–Kier alpha value is -3.43. The number of fused-ring (bicyclic) bond motifs is 4. The second-order valence-corrected chi connectivity index (χ2v) is 11.3. The number of amides is 3. The number of cyclic esters (lactones) is 1. The quantitative estimate of drug-likeness (QED) is 0.390. The number of nitrogens with zero attached hydrogens (tertiary/aromatic N) is 2. The third-order valence-corrected chi connectivity index (χ3v) is 9.23. The number of carbonyl (C=O) groups excluding carboxylic acids is 2. The zero-order valence-electron chi connectivity index (χ0n) is 21.4. The van der Waals surface area contributed by atoms with Crippen molar-refractivity contribution in [3.8, 4) is 0 Å². The molecule has 0 bridgehead atoms. The van der Waals surface area contributed by atoms with Gasteiger partial charge in [-0.05, 0) is 79.9 Å². The first-order valence-corrected chi connectivity index (χ1v) is 14.1. The maximum absolute atomic E-state index is 13.7. The Bertz CT molecular complexity index is 1360. The molecule has 0 aliphatic carbocycles. The zero-order valence-corrected chi connectivity index (χ0v) is 22.2. The molecule has 1 unspecified atom stereocenters. The van der Waals surface area contributed by atoms with Crippen molar-refractivity contribution in [3.05, 3.63) is 95.1 Å². The highest BCUT2D eigenvalue weighted by molar-refractivity contribution is 7.99. The molecule has 1 atom stereocenters. The van der Waals surface area contributed by atoms with Crippen LogP contribution in [0.5, 0.6) is 0 Å². The molecule has 202 valence electrons. The summed E-state index contributed by atoms with van der Waals surface area (Å²) in [5, 5.41) is 2.79. The summed E-state index contributed by atoms with van der Waals surface area (Å²) < 4.78 is 32.1. The van der Waals surface area contributed by atoms with Crippen molar-refractivity contribution in [1.29, 1.82) is 0 Å². The summed E-state index contributed by atoms with van der Waals surface area (Å²) in [6.45, 7) is 3.02. The monoisotopic (exact) mass is 549 g/mol. The lowest BCUT2D eigenvalue weighted by Crippen LogP contribution is -2.46. The molecule has 3 aromatic rings. The standard InChI is InChI=1S/C30H29F2N3O3S/c31-23-11-10-20(18-24(23)32)25-19-38-29(37)35(25)28(36)33-14-5-15-34-16-12-30(13-17-34)21-6-1-3-8-26(21)39-27-9-4-2-7-22(27)30/h1-4,6-11,18,25H,5,12-17,19H2,(H,33,36). The van der Waals surface area contributed by atoms with Crippen LogP contribution in [0.4, 0.5) is 18.4 Å². The molecule has 6 nitrogen and oxygen atoms in total. The van der Waals surface area contributed by atoms with Gasteiger partial charge in [0.15, 0.2) is 11.6 Å². The number of likely N-dealkylation sites (tertiary alicyclic amines) is 1. The summed E-state index contributed by atoms with van der Waals surface area (Å²) in [5.74, 6) is -2.02. The van der Waals surface area contributed by atoms with E-state index >= 15 is 0 Å². The van der Waals surface area contributed by atoms with Crippen molar-refractivity contribution in [2.75, 3.05) is 32.8 Å². The van der Waals surface area contributed by atoms with Gasteiger partial charge >= 0.3 is 12.1 Å². The molecular formula is C30H29F2N3O3S. The van der Waals surface area contributed by atoms with E-state index in [1.165, 1.54) is 27.0 Å². The molecular weight excluding hydrogens is 520 g/mol. The predicted octanol–water partition coefficient (Wildman–Crippen LogP) is 6.10. The van der Waals surface area contributed by atoms with Crippen molar-refractivity contribution < 1.29 is 23.1 Å². The molecule has 39 heavy (non-hydrogen) atoms. The van der Waals surface area contributed by atoms with Crippen LogP contribution in [0, 0.1) is 11.6 Å². The first-order valence-electron chi connectivity index (χ1n) is 13.2. The lowest BCUT2D eigenvalue weighted by Gasteiger charge is -2.46. The molecule has 3 amide bonds. The molecule has 1 N–H and O–H groups in total. The van der Waals surface area contributed by atoms with Crippen molar-refractivity contribution in [2.45, 2.75) is 40.5 Å². The minimum atomic E-state index is -1.03. The van der Waals surface area contributed by atoms with Gasteiger partial charge < -0.3 is 15.0 Å². The van der Waals surface area contributed by atoms with Gasteiger partial charge in [-0.15, -0.1) is 0 Å². The SMILES string of the molecule is O=C(NCCCN1CCC2(CC1)c1ccccc1Sc1ccccc12)N1C(=O)OCC1c1ccc(F)c(F)c1. The van der Waals surface area contributed by atoms with E-state index in [4.69, 9.17) is 4.74 Å². The highest BCUT2D eigenvalue weighted by Crippen LogP contribution is 2.53. The number of hydrogen-bond donors (Lipinski definition) is 1. The fourth-order valence-corrected chi connectivity index (χ4v) is 7.33. The van der Waals surface area contributed by atoms with Gasteiger partial charge in [-0.1, -0.05) is 54.2 Å². The first-order chi connectivity index (χ1) is 19.0. The van der Waals surface area contributed by atoms with Gasteiger partial charge in [-0.3, -0.25) is 0 Å². The number of piperidine rings is 1. The Kier molecular flexibility index (Phi) is 7.03. The van der Waals surface area contributed by atoms with E-state index in [1.54, 1.807) is 0 Å². The van der Waals surface area contributed by atoms with Crippen LogP contribution in [0.25, 0.3) is 0 Å². The molecule has 3 aromatic carbocycles. The van der Waals surface area contributed by atoms with E-state index in [1.807, 2.05) is 11.8 Å². The van der Waals surface area contributed by atoms with Crippen LogP contribution in [0.3, 0.4) is 0 Å². The van der Waals surface area contributed by atoms with Crippen molar-refractivity contribution in [3.63, 3.8) is 0 Å². The lowest BCUT2D eigenvalue weighted by atomic mass is 9.67. The summed E-state index contributed by atoms with van der Waals surface area (Å²) in [7, 11) is 0. The highest BCUT2D eigenvalue weighted by Gasteiger charge is 2.43. The number of rotatable bonds is 5. The molecule has 2 fully saturated rings. The number of hydrogen-bond acceptors (Lipinski definition) is 5. The average molecular weight is 550 g/mol. The summed E-state index contributed by atoms with van der Waals surface area (Å²) in [5.41, 5.74) is 3.18. The summed E-state index contributed by atoms with van der Waals surface area (Å²) >= 11 is 1.86. The maximum atomic E-state index is 13.7. The molecule has 6 rings (SSSR count). The van der Waals surface area contributed by atoms with Crippen LogP contribution in [-0.2, 0) is 10.2 Å². The van der Waals surface area contributed by atoms with Gasteiger partial charge in [0.1, 0.15) is 12.6 Å². The molecule has 0 radical (unpaired) electrons. The maximum Gasteiger partial charge on any atom is 0.418 e. The molecule has 3 heterocycles. The molecule has 1 spiro atoms. The van der Waals surface area contributed by atoms with Crippen LogP contribution in [-0.4, -0.2) is 54.7 Å². The van der Waals surface area contributed by atoms with E-state index in [-0.39, 0.29) is 12.0 Å². The van der Waals surface area contributed by atoms with E-state index < -0.39 is 29.8 Å². The van der Waals surface area contributed by atoms with Crippen molar-refractivity contribution in [2.24, 2.45) is 0 Å². The molecule has 0 saturated carbocycles. The van der Waals surface area contributed by atoms with Gasteiger partial charge in [-0.25, -0.2) is 23.3 Å². The van der Waals surface area contributed by atoms with Gasteiger partial charge in [0.25, 0.3) is 0 Å². The summed E-state index contributed by atoms with van der Waals surface area (Å²) in [6, 6.07) is 19.4. The Morgan fingerprint density at radius 2 is 1.64 bits per heavy atom. The van der Waals surface area contributed by atoms with E-state index in [0.29, 0.717) is 12.1 Å². The third kappa shape index (κ3) is 4.78. The Morgan fingerprint density at radius 3 is 2.31 bits per heavy atom. The van der Waals surface area contributed by atoms with Crippen LogP contribution in [0.2, 0.25) is 0 Å². The van der Waals surface area contributed by atoms with Crippen molar-refractivity contribution >= 4 is 23.9 Å². The Balaban J connectivity index is 1.04. The number of ether oxygens (including phenoxy) is 1. The average Bonchev–Trinajstić information content (AvgIpc) is 3.35. The predicted molar refractivity (Wildman–Crippen MR) is 144 cm³/mol. The Labute approximate surface area is 230 Å². The van der Waals surface area contributed by atoms with E-state index in [2.05, 4.69) is 58.7 Å². The zero-order chi connectivity index (χ0) is 27.0. The highest BCUT2D eigenvalue weighted by atomic mass is 32.2. The van der Waals surface area contributed by atoms with Gasteiger partial charge in [0.05, 0.1) is 0 Å². The number of urea groups is 1. The number of imide groups is 1. The molecule has 3 aliphatic heterocycles. The fourth-order valence-electron chi connectivity index (χ4n) is 6.06. The topological polar surface area (TPSA) is 61.9 Å². The molecule has 0 aromatic heterocycles. The number of benzene rings is 3. The summed E-state index contributed by atoms with van der Waals surface area (Å²) in [4.78, 5) is 31.1. The van der Waals surface area contributed by atoms with Gasteiger partial charge in [-0.2, -0.15) is 0 Å². The normalized spacial score (nSPS) is 19.9. The molecule has 9 heteroatoms. The minimum Gasteiger partial charge on any atom is -0.446 e. The molecule has 2 saturated heterocycles. The third-order valence-electron chi connectivity index (χ3n) is 8.08. The van der Waals surface area contributed by atoms with Crippen LogP contribution in [0.1, 0.15) is 42.0 Å². The summed E-state index contributed by atoms with van der Waals surface area (Å²) in [6.07, 6.45) is 1.99. The van der Waals surface area contributed by atoms with Crippen LogP contribution >= 0.6 is 11.8 Å². The largest absolute Gasteiger partial charge is 0.446 e. The van der Waals surface area contributed by atoms with Crippen molar-refractivity contribution in [1.82, 2.24) is 15.1 Å². The smallest absolute Gasteiger partial charge is 0.418 e. The number of halogens is 2. The number of carbonyl (C=O) groups is 2. The number of nitrogens with one attached hydrogen (secondary N) is 1. The van der Waals surface area contributed by atoms with Crippen LogP contribution < -0.4 is 5.32 Å². The minimum absolute atomic E-state index is 0.0219. The van der Waals surface area contributed by atoms with E-state index in [9.17, 15) is 18.4 Å².